The normalized spacial score (nSPS) is 16.0. The number of ether oxygens (including phenoxy) is 2. The van der Waals surface area contributed by atoms with Crippen molar-refractivity contribution in [3.8, 4) is 11.5 Å². The van der Waals surface area contributed by atoms with Gasteiger partial charge in [0, 0.05) is 29.1 Å². The van der Waals surface area contributed by atoms with Gasteiger partial charge in [-0.05, 0) is 30.3 Å². The number of anilines is 2. The van der Waals surface area contributed by atoms with Crippen LogP contribution in [0.5, 0.6) is 11.5 Å². The molecule has 0 saturated heterocycles. The van der Waals surface area contributed by atoms with E-state index in [9.17, 15) is 18.0 Å². The fraction of sp³-hybridized carbons (Fsp3) is 0.333. The SMILES string of the molecule is COc1ccc(OC)c(NC(=O)CCS(=O)(=O)c2ccc3c(c2)NC(=O)C[C@H](C)S3)c1. The fourth-order valence-corrected chi connectivity index (χ4v) is 5.41. The quantitative estimate of drug-likeness (QED) is 0.647. The molecule has 31 heavy (non-hydrogen) atoms. The first-order chi connectivity index (χ1) is 14.7. The molecule has 1 heterocycles. The maximum atomic E-state index is 12.8. The van der Waals surface area contributed by atoms with Crippen LogP contribution in [0.1, 0.15) is 19.8 Å². The second-order valence-electron chi connectivity index (χ2n) is 7.02. The molecular weight excluding hydrogens is 440 g/mol. The number of benzene rings is 2. The van der Waals surface area contributed by atoms with Crippen LogP contribution in [0.2, 0.25) is 0 Å². The first-order valence-corrected chi connectivity index (χ1v) is 12.1. The van der Waals surface area contributed by atoms with Gasteiger partial charge >= 0.3 is 0 Å². The van der Waals surface area contributed by atoms with Crippen molar-refractivity contribution in [3.05, 3.63) is 36.4 Å². The van der Waals surface area contributed by atoms with Crippen LogP contribution in [-0.2, 0) is 19.4 Å². The second kappa shape index (κ2) is 9.61. The van der Waals surface area contributed by atoms with E-state index in [1.54, 1.807) is 24.3 Å². The number of sulfone groups is 1. The van der Waals surface area contributed by atoms with Crippen LogP contribution < -0.4 is 20.1 Å². The zero-order valence-corrected chi connectivity index (χ0v) is 19.1. The van der Waals surface area contributed by atoms with Gasteiger partial charge in [0.1, 0.15) is 11.5 Å². The van der Waals surface area contributed by atoms with E-state index in [0.717, 1.165) is 4.90 Å². The topological polar surface area (TPSA) is 111 Å². The number of hydrogen-bond acceptors (Lipinski definition) is 7. The fourth-order valence-electron chi connectivity index (χ4n) is 3.09. The molecule has 3 rings (SSSR count). The Morgan fingerprint density at radius 2 is 1.97 bits per heavy atom. The third-order valence-corrected chi connectivity index (χ3v) is 7.56. The van der Waals surface area contributed by atoms with Crippen LogP contribution in [0.4, 0.5) is 11.4 Å². The van der Waals surface area contributed by atoms with E-state index in [2.05, 4.69) is 10.6 Å². The van der Waals surface area contributed by atoms with Gasteiger partial charge in [-0.2, -0.15) is 0 Å². The molecule has 1 aliphatic heterocycles. The van der Waals surface area contributed by atoms with Gasteiger partial charge in [0.25, 0.3) is 0 Å². The van der Waals surface area contributed by atoms with Crippen LogP contribution in [0.15, 0.2) is 46.2 Å². The first-order valence-electron chi connectivity index (χ1n) is 9.57. The number of thioether (sulfide) groups is 1. The number of fused-ring (bicyclic) bond motifs is 1. The van der Waals surface area contributed by atoms with Gasteiger partial charge < -0.3 is 20.1 Å². The Balaban J connectivity index is 1.70. The van der Waals surface area contributed by atoms with Crippen LogP contribution in [-0.4, -0.2) is 45.5 Å². The van der Waals surface area contributed by atoms with Crippen LogP contribution >= 0.6 is 11.8 Å². The monoisotopic (exact) mass is 464 g/mol. The van der Waals surface area contributed by atoms with Crippen molar-refractivity contribution in [3.63, 3.8) is 0 Å². The Labute approximate surface area is 185 Å². The third-order valence-electron chi connectivity index (χ3n) is 4.66. The van der Waals surface area contributed by atoms with E-state index in [0.29, 0.717) is 29.3 Å². The van der Waals surface area contributed by atoms with Crippen molar-refractivity contribution >= 4 is 44.8 Å². The van der Waals surface area contributed by atoms with Crippen molar-refractivity contribution in [1.82, 2.24) is 0 Å². The number of nitrogens with one attached hydrogen (secondary N) is 2. The van der Waals surface area contributed by atoms with E-state index < -0.39 is 15.7 Å². The number of hydrogen-bond donors (Lipinski definition) is 2. The summed E-state index contributed by atoms with van der Waals surface area (Å²) < 4.78 is 35.9. The van der Waals surface area contributed by atoms with Crippen LogP contribution in [0, 0.1) is 0 Å². The molecular formula is C21H24N2O6S2. The number of methoxy groups -OCH3 is 2. The minimum atomic E-state index is -3.73. The molecule has 2 amide bonds. The highest BCUT2D eigenvalue weighted by atomic mass is 32.2. The minimum absolute atomic E-state index is 0.0634. The van der Waals surface area contributed by atoms with E-state index in [1.165, 1.54) is 38.1 Å². The number of amides is 2. The average Bonchev–Trinajstić information content (AvgIpc) is 2.87. The summed E-state index contributed by atoms with van der Waals surface area (Å²) in [7, 11) is -0.757. The van der Waals surface area contributed by atoms with Gasteiger partial charge in [-0.15, -0.1) is 11.8 Å². The molecule has 2 N–H and O–H groups in total. The molecule has 2 aromatic rings. The lowest BCUT2D eigenvalue weighted by Crippen LogP contribution is -2.18. The van der Waals surface area contributed by atoms with E-state index in [-0.39, 0.29) is 28.2 Å². The molecule has 0 unspecified atom stereocenters. The molecule has 0 spiro atoms. The van der Waals surface area contributed by atoms with E-state index in [1.807, 2.05) is 6.92 Å². The highest BCUT2D eigenvalue weighted by molar-refractivity contribution is 8.00. The molecule has 1 atom stereocenters. The Morgan fingerprint density at radius 3 is 2.68 bits per heavy atom. The summed E-state index contributed by atoms with van der Waals surface area (Å²) in [6.07, 6.45) is 0.118. The highest BCUT2D eigenvalue weighted by Crippen LogP contribution is 2.36. The summed E-state index contributed by atoms with van der Waals surface area (Å²) in [4.78, 5) is 25.2. The molecule has 2 aromatic carbocycles. The van der Waals surface area contributed by atoms with Gasteiger partial charge in [0.15, 0.2) is 9.84 Å². The van der Waals surface area contributed by atoms with E-state index >= 15 is 0 Å². The van der Waals surface area contributed by atoms with Gasteiger partial charge in [0.2, 0.25) is 11.8 Å². The molecule has 166 valence electrons. The lowest BCUT2D eigenvalue weighted by molar-refractivity contribution is -0.116. The zero-order chi connectivity index (χ0) is 22.6. The number of rotatable bonds is 7. The standard InChI is InChI=1S/C21H24N2O6S2/c1-13-10-21(25)23-17-12-15(5-7-19(17)30-13)31(26,27)9-8-20(24)22-16-11-14(28-2)4-6-18(16)29-3/h4-7,11-13H,8-10H2,1-3H3,(H,22,24)(H,23,25)/t13-/m0/s1. The van der Waals surface area contributed by atoms with Gasteiger partial charge in [-0.25, -0.2) is 8.42 Å². The van der Waals surface area contributed by atoms with Gasteiger partial charge in [-0.1, -0.05) is 6.92 Å². The van der Waals surface area contributed by atoms with Crippen molar-refractivity contribution in [1.29, 1.82) is 0 Å². The van der Waals surface area contributed by atoms with Gasteiger partial charge in [0.05, 0.1) is 36.2 Å². The molecule has 8 nitrogen and oxygen atoms in total. The molecule has 0 bridgehead atoms. The lowest BCUT2D eigenvalue weighted by atomic mass is 10.2. The van der Waals surface area contributed by atoms with Crippen LogP contribution in [0.3, 0.4) is 0 Å². The average molecular weight is 465 g/mol. The predicted molar refractivity (Wildman–Crippen MR) is 120 cm³/mol. The summed E-state index contributed by atoms with van der Waals surface area (Å²) in [6, 6.07) is 9.59. The van der Waals surface area contributed by atoms with Crippen molar-refractivity contribution in [2.24, 2.45) is 0 Å². The summed E-state index contributed by atoms with van der Waals surface area (Å²) >= 11 is 1.52. The smallest absolute Gasteiger partial charge is 0.225 e. The van der Waals surface area contributed by atoms with Crippen molar-refractivity contribution < 1.29 is 27.5 Å². The van der Waals surface area contributed by atoms with E-state index in [4.69, 9.17) is 9.47 Å². The Kier molecular flexibility index (Phi) is 7.11. The first kappa shape index (κ1) is 23.0. The Bertz CT molecular complexity index is 1100. The summed E-state index contributed by atoms with van der Waals surface area (Å²) in [6.45, 7) is 1.94. The highest BCUT2D eigenvalue weighted by Gasteiger charge is 2.23. The minimum Gasteiger partial charge on any atom is -0.497 e. The predicted octanol–water partition coefficient (Wildman–Crippen LogP) is 3.33. The molecule has 0 aromatic heterocycles. The maximum absolute atomic E-state index is 12.8. The summed E-state index contributed by atoms with van der Waals surface area (Å²) in [5.74, 6) is -0.0304. The molecule has 10 heteroatoms. The largest absolute Gasteiger partial charge is 0.497 e. The third kappa shape index (κ3) is 5.71. The molecule has 0 radical (unpaired) electrons. The lowest BCUT2D eigenvalue weighted by Gasteiger charge is -2.12. The second-order valence-corrected chi connectivity index (χ2v) is 10.6. The van der Waals surface area contributed by atoms with Crippen molar-refractivity contribution in [2.45, 2.75) is 34.8 Å². The molecule has 0 aliphatic carbocycles. The molecule has 1 aliphatic rings. The molecule has 0 saturated carbocycles. The number of carbonyl (C=O) groups is 2. The Hall–Kier alpha value is -2.72. The Morgan fingerprint density at radius 1 is 1.19 bits per heavy atom. The van der Waals surface area contributed by atoms with Crippen LogP contribution in [0.25, 0.3) is 0 Å². The van der Waals surface area contributed by atoms with Crippen molar-refractivity contribution in [2.75, 3.05) is 30.6 Å². The number of carbonyl (C=O) groups excluding carboxylic acids is 2. The summed E-state index contributed by atoms with van der Waals surface area (Å²) in [5.41, 5.74) is 0.870. The maximum Gasteiger partial charge on any atom is 0.225 e. The molecule has 0 fully saturated rings. The van der Waals surface area contributed by atoms with Gasteiger partial charge in [-0.3, -0.25) is 9.59 Å². The zero-order valence-electron chi connectivity index (χ0n) is 17.4. The summed E-state index contributed by atoms with van der Waals surface area (Å²) in [5, 5.41) is 5.52.